The lowest BCUT2D eigenvalue weighted by atomic mass is 10.1. The zero-order valence-corrected chi connectivity index (χ0v) is 12.8. The fourth-order valence-electron chi connectivity index (χ4n) is 1.99. The average molecular weight is 341 g/mol. The van der Waals surface area contributed by atoms with Crippen LogP contribution in [0.4, 0.5) is 17.6 Å². The standard InChI is InChI=1S/C17H15F4NO2/c1-11-2-5-13(18)8-15(11)16(23)22-9-12-3-6-14(7-4-12)24-10-17(19,20)21/h2-8H,9-10H2,1H3,(H,22,23). The maximum absolute atomic E-state index is 13.2. The molecule has 128 valence electrons. The Labute approximate surface area is 136 Å². The number of aryl methyl sites for hydroxylation is 1. The van der Waals surface area contributed by atoms with Crippen LogP contribution in [0.15, 0.2) is 42.5 Å². The molecule has 0 saturated heterocycles. The Balaban J connectivity index is 1.92. The van der Waals surface area contributed by atoms with E-state index < -0.39 is 24.5 Å². The number of nitrogens with one attached hydrogen (secondary N) is 1. The highest BCUT2D eigenvalue weighted by atomic mass is 19.4. The van der Waals surface area contributed by atoms with Gasteiger partial charge < -0.3 is 10.1 Å². The third-order valence-electron chi connectivity index (χ3n) is 3.22. The smallest absolute Gasteiger partial charge is 0.422 e. The number of rotatable bonds is 5. The molecule has 0 spiro atoms. The van der Waals surface area contributed by atoms with Crippen LogP contribution in [0.5, 0.6) is 5.75 Å². The van der Waals surface area contributed by atoms with Gasteiger partial charge in [0.25, 0.3) is 5.91 Å². The summed E-state index contributed by atoms with van der Waals surface area (Å²) < 4.78 is 54.0. The number of hydrogen-bond donors (Lipinski definition) is 1. The minimum Gasteiger partial charge on any atom is -0.484 e. The van der Waals surface area contributed by atoms with Crippen LogP contribution < -0.4 is 10.1 Å². The lowest BCUT2D eigenvalue weighted by Gasteiger charge is -2.10. The van der Waals surface area contributed by atoms with E-state index in [0.717, 1.165) is 6.07 Å². The number of halogens is 4. The van der Waals surface area contributed by atoms with Crippen molar-refractivity contribution in [1.82, 2.24) is 5.32 Å². The summed E-state index contributed by atoms with van der Waals surface area (Å²) in [6.07, 6.45) is -4.39. The largest absolute Gasteiger partial charge is 0.484 e. The van der Waals surface area contributed by atoms with Crippen molar-refractivity contribution in [2.45, 2.75) is 19.6 Å². The number of ether oxygens (including phenoxy) is 1. The molecule has 1 amide bonds. The van der Waals surface area contributed by atoms with Crippen LogP contribution in [0, 0.1) is 12.7 Å². The van der Waals surface area contributed by atoms with Gasteiger partial charge in [-0.3, -0.25) is 4.79 Å². The minimum absolute atomic E-state index is 0.0865. The van der Waals surface area contributed by atoms with Gasteiger partial charge in [-0.2, -0.15) is 13.2 Å². The normalized spacial score (nSPS) is 11.2. The van der Waals surface area contributed by atoms with E-state index in [1.165, 1.54) is 24.3 Å². The van der Waals surface area contributed by atoms with Crippen LogP contribution in [-0.4, -0.2) is 18.7 Å². The molecule has 1 N–H and O–H groups in total. The minimum atomic E-state index is -4.39. The molecule has 0 aliphatic rings. The van der Waals surface area contributed by atoms with E-state index in [-0.39, 0.29) is 17.9 Å². The summed E-state index contributed by atoms with van der Waals surface area (Å²) in [5.41, 5.74) is 1.56. The molecule has 0 aliphatic carbocycles. The van der Waals surface area contributed by atoms with Crippen molar-refractivity contribution in [3.05, 3.63) is 65.0 Å². The van der Waals surface area contributed by atoms with Gasteiger partial charge in [0.15, 0.2) is 6.61 Å². The maximum Gasteiger partial charge on any atom is 0.422 e. The highest BCUT2D eigenvalue weighted by Crippen LogP contribution is 2.19. The number of alkyl halides is 3. The van der Waals surface area contributed by atoms with Crippen LogP contribution in [-0.2, 0) is 6.54 Å². The van der Waals surface area contributed by atoms with E-state index in [0.29, 0.717) is 11.1 Å². The number of carbonyl (C=O) groups is 1. The molecule has 2 aromatic carbocycles. The quantitative estimate of drug-likeness (QED) is 0.835. The Kier molecular flexibility index (Phi) is 5.43. The molecule has 3 nitrogen and oxygen atoms in total. The van der Waals surface area contributed by atoms with Crippen molar-refractivity contribution in [1.29, 1.82) is 0 Å². The second-order valence-corrected chi connectivity index (χ2v) is 5.19. The summed E-state index contributed by atoms with van der Waals surface area (Å²) in [4.78, 5) is 12.0. The Morgan fingerprint density at radius 1 is 1.12 bits per heavy atom. The topological polar surface area (TPSA) is 38.3 Å². The average Bonchev–Trinajstić information content (AvgIpc) is 2.53. The Hall–Kier alpha value is -2.57. The monoisotopic (exact) mass is 341 g/mol. The highest BCUT2D eigenvalue weighted by molar-refractivity contribution is 5.95. The Morgan fingerprint density at radius 2 is 1.79 bits per heavy atom. The first-order chi connectivity index (χ1) is 11.2. The first-order valence-corrected chi connectivity index (χ1v) is 7.07. The van der Waals surface area contributed by atoms with Crippen molar-refractivity contribution < 1.29 is 27.1 Å². The summed E-state index contributed by atoms with van der Waals surface area (Å²) in [5, 5.41) is 2.63. The molecular weight excluding hydrogens is 326 g/mol. The highest BCUT2D eigenvalue weighted by Gasteiger charge is 2.28. The van der Waals surface area contributed by atoms with Gasteiger partial charge >= 0.3 is 6.18 Å². The lowest BCUT2D eigenvalue weighted by Crippen LogP contribution is -2.23. The first-order valence-electron chi connectivity index (χ1n) is 7.07. The van der Waals surface area contributed by atoms with Crippen molar-refractivity contribution in [3.63, 3.8) is 0 Å². The molecule has 0 unspecified atom stereocenters. The Bertz CT molecular complexity index is 712. The van der Waals surface area contributed by atoms with E-state index in [2.05, 4.69) is 10.1 Å². The molecule has 0 aliphatic heterocycles. The third-order valence-corrected chi connectivity index (χ3v) is 3.22. The number of amides is 1. The molecule has 0 aromatic heterocycles. The zero-order valence-electron chi connectivity index (χ0n) is 12.8. The number of carbonyl (C=O) groups excluding carboxylic acids is 1. The number of benzene rings is 2. The van der Waals surface area contributed by atoms with Crippen molar-refractivity contribution in [2.75, 3.05) is 6.61 Å². The molecule has 2 aromatic rings. The summed E-state index contributed by atoms with van der Waals surface area (Å²) in [5.74, 6) is -0.843. The fraction of sp³-hybridized carbons (Fsp3) is 0.235. The summed E-state index contributed by atoms with van der Waals surface area (Å²) in [6.45, 7) is 0.497. The molecule has 0 atom stereocenters. The van der Waals surface area contributed by atoms with E-state index >= 15 is 0 Å². The predicted molar refractivity (Wildman–Crippen MR) is 80.3 cm³/mol. The number of hydrogen-bond acceptors (Lipinski definition) is 2. The van der Waals surface area contributed by atoms with Gasteiger partial charge in [-0.05, 0) is 42.3 Å². The van der Waals surface area contributed by atoms with E-state index in [1.54, 1.807) is 19.1 Å². The molecule has 24 heavy (non-hydrogen) atoms. The summed E-state index contributed by atoms with van der Waals surface area (Å²) >= 11 is 0. The van der Waals surface area contributed by atoms with Crippen molar-refractivity contribution >= 4 is 5.91 Å². The predicted octanol–water partition coefficient (Wildman–Crippen LogP) is 4.01. The van der Waals surface area contributed by atoms with Gasteiger partial charge in [-0.15, -0.1) is 0 Å². The van der Waals surface area contributed by atoms with Crippen molar-refractivity contribution in [2.24, 2.45) is 0 Å². The second kappa shape index (κ2) is 7.33. The summed E-state index contributed by atoms with van der Waals surface area (Å²) in [7, 11) is 0. The first kappa shape index (κ1) is 17.8. The van der Waals surface area contributed by atoms with E-state index in [4.69, 9.17) is 0 Å². The van der Waals surface area contributed by atoms with Crippen LogP contribution in [0.2, 0.25) is 0 Å². The van der Waals surface area contributed by atoms with Gasteiger partial charge in [0.2, 0.25) is 0 Å². The van der Waals surface area contributed by atoms with Gasteiger partial charge in [-0.25, -0.2) is 4.39 Å². The van der Waals surface area contributed by atoms with E-state index in [1.807, 2.05) is 0 Å². The molecular formula is C17H15F4NO2. The molecule has 0 radical (unpaired) electrons. The van der Waals surface area contributed by atoms with Gasteiger partial charge in [0.05, 0.1) is 0 Å². The molecule has 2 rings (SSSR count). The van der Waals surface area contributed by atoms with E-state index in [9.17, 15) is 22.4 Å². The Morgan fingerprint density at radius 3 is 2.42 bits per heavy atom. The second-order valence-electron chi connectivity index (χ2n) is 5.19. The molecule has 0 heterocycles. The molecule has 0 fully saturated rings. The fourth-order valence-corrected chi connectivity index (χ4v) is 1.99. The molecule has 0 bridgehead atoms. The summed E-state index contributed by atoms with van der Waals surface area (Å²) in [6, 6.07) is 9.80. The van der Waals surface area contributed by atoms with Gasteiger partial charge in [-0.1, -0.05) is 18.2 Å². The van der Waals surface area contributed by atoms with Crippen LogP contribution in [0.1, 0.15) is 21.5 Å². The van der Waals surface area contributed by atoms with Crippen LogP contribution in [0.25, 0.3) is 0 Å². The van der Waals surface area contributed by atoms with Gasteiger partial charge in [0.1, 0.15) is 11.6 Å². The molecule has 0 saturated carbocycles. The molecule has 7 heteroatoms. The zero-order chi connectivity index (χ0) is 17.7. The van der Waals surface area contributed by atoms with Crippen LogP contribution >= 0.6 is 0 Å². The van der Waals surface area contributed by atoms with Gasteiger partial charge in [0, 0.05) is 12.1 Å². The maximum atomic E-state index is 13.2. The lowest BCUT2D eigenvalue weighted by molar-refractivity contribution is -0.153. The third kappa shape index (κ3) is 5.26. The SMILES string of the molecule is Cc1ccc(F)cc1C(=O)NCc1ccc(OCC(F)(F)F)cc1. The van der Waals surface area contributed by atoms with Crippen LogP contribution in [0.3, 0.4) is 0 Å². The van der Waals surface area contributed by atoms with Crippen molar-refractivity contribution in [3.8, 4) is 5.75 Å².